The Morgan fingerprint density at radius 2 is 1.96 bits per heavy atom. The Bertz CT molecular complexity index is 627. The van der Waals surface area contributed by atoms with Crippen molar-refractivity contribution in [1.82, 2.24) is 0 Å². The largest absolute Gasteiger partial charge is 0.468 e. The molecule has 152 valence electrons. The molecule has 0 unspecified atom stereocenters. The fourth-order valence-electron chi connectivity index (χ4n) is 3.69. The zero-order valence-electron chi connectivity index (χ0n) is 14.7. The second-order valence-corrected chi connectivity index (χ2v) is 6.67. The highest BCUT2D eigenvalue weighted by Crippen LogP contribution is 2.43. The summed E-state index contributed by atoms with van der Waals surface area (Å²) in [6, 6.07) is 0. The van der Waals surface area contributed by atoms with E-state index in [1.165, 1.54) is 13.4 Å². The van der Waals surface area contributed by atoms with E-state index in [1.54, 1.807) is 0 Å². The number of carbonyl (C=O) groups is 1. The monoisotopic (exact) mass is 388 g/mol. The standard InChI is InChI=1S/C17H24O10/c1-24-15(23)9-6-25-16(11-7(4-18)2-3-8(9)11)27-17-14(22)13(21)12(20)10(5-19)26-17/h6,8,10,12-14,16-22H,2-5H2,1H3/t8-,10-,12-,13+,14-,16+,17+/m1/s1. The topological polar surface area (TPSA) is 155 Å². The molecule has 0 amide bonds. The Morgan fingerprint density at radius 1 is 1.22 bits per heavy atom. The van der Waals surface area contributed by atoms with Gasteiger partial charge in [0.05, 0.1) is 32.2 Å². The quantitative estimate of drug-likeness (QED) is 0.262. The van der Waals surface area contributed by atoms with Gasteiger partial charge in [0, 0.05) is 11.5 Å². The Morgan fingerprint density at radius 3 is 2.59 bits per heavy atom. The smallest absolute Gasteiger partial charge is 0.337 e. The molecule has 10 heteroatoms. The van der Waals surface area contributed by atoms with Crippen LogP contribution in [0.4, 0.5) is 0 Å². The van der Waals surface area contributed by atoms with Crippen LogP contribution < -0.4 is 0 Å². The Labute approximate surface area is 155 Å². The van der Waals surface area contributed by atoms with E-state index in [9.17, 15) is 30.3 Å². The van der Waals surface area contributed by atoms with Crippen molar-refractivity contribution in [2.75, 3.05) is 20.3 Å². The highest BCUT2D eigenvalue weighted by atomic mass is 16.8. The normalized spacial score (nSPS) is 38.9. The van der Waals surface area contributed by atoms with Crippen molar-refractivity contribution in [3.05, 3.63) is 23.0 Å². The number of esters is 1. The maximum absolute atomic E-state index is 12.0. The molecule has 27 heavy (non-hydrogen) atoms. The molecule has 1 fully saturated rings. The lowest BCUT2D eigenvalue weighted by atomic mass is 9.90. The van der Waals surface area contributed by atoms with E-state index in [2.05, 4.69) is 0 Å². The van der Waals surface area contributed by atoms with Gasteiger partial charge in [-0.2, -0.15) is 0 Å². The number of aliphatic hydroxyl groups excluding tert-OH is 5. The first-order valence-electron chi connectivity index (χ1n) is 8.65. The molecule has 0 aromatic rings. The summed E-state index contributed by atoms with van der Waals surface area (Å²) in [4.78, 5) is 12.0. The van der Waals surface area contributed by atoms with Gasteiger partial charge in [-0.1, -0.05) is 0 Å². The molecule has 0 radical (unpaired) electrons. The average molecular weight is 388 g/mol. The highest BCUT2D eigenvalue weighted by Gasteiger charge is 2.47. The number of hydrogen-bond donors (Lipinski definition) is 5. The van der Waals surface area contributed by atoms with Gasteiger partial charge in [0.25, 0.3) is 0 Å². The predicted octanol–water partition coefficient (Wildman–Crippen LogP) is -2.08. The molecule has 3 aliphatic rings. The zero-order valence-corrected chi connectivity index (χ0v) is 14.7. The minimum Gasteiger partial charge on any atom is -0.468 e. The van der Waals surface area contributed by atoms with Gasteiger partial charge in [-0.15, -0.1) is 0 Å². The molecule has 2 aliphatic heterocycles. The SMILES string of the molecule is COC(=O)C1=CO[C@@H](O[C@@H]2O[C@H](CO)[C@@H](O)[C@H](O)[C@H]2O)C2=C(CO)CC[C@H]12. The van der Waals surface area contributed by atoms with Crippen LogP contribution in [0.3, 0.4) is 0 Å². The number of carbonyl (C=O) groups excluding carboxylic acids is 1. The van der Waals surface area contributed by atoms with Gasteiger partial charge in [0.1, 0.15) is 24.4 Å². The maximum atomic E-state index is 12.0. The summed E-state index contributed by atoms with van der Waals surface area (Å²) < 4.78 is 21.2. The van der Waals surface area contributed by atoms with E-state index >= 15 is 0 Å². The van der Waals surface area contributed by atoms with Crippen LogP contribution in [0.5, 0.6) is 0 Å². The highest BCUT2D eigenvalue weighted by molar-refractivity contribution is 5.89. The molecular weight excluding hydrogens is 364 g/mol. The van der Waals surface area contributed by atoms with Crippen molar-refractivity contribution in [2.45, 2.75) is 49.8 Å². The van der Waals surface area contributed by atoms with E-state index in [0.717, 1.165) is 0 Å². The van der Waals surface area contributed by atoms with Crippen LogP contribution in [0.1, 0.15) is 12.8 Å². The van der Waals surface area contributed by atoms with Gasteiger partial charge in [-0.3, -0.25) is 0 Å². The fraction of sp³-hybridized carbons (Fsp3) is 0.706. The van der Waals surface area contributed by atoms with Crippen LogP contribution in [0, 0.1) is 5.92 Å². The first-order valence-corrected chi connectivity index (χ1v) is 8.65. The number of fused-ring (bicyclic) bond motifs is 1. The summed E-state index contributed by atoms with van der Waals surface area (Å²) in [6.07, 6.45) is -5.96. The number of rotatable bonds is 5. The van der Waals surface area contributed by atoms with E-state index in [1.807, 2.05) is 0 Å². The van der Waals surface area contributed by atoms with Crippen LogP contribution in [0.15, 0.2) is 23.0 Å². The molecule has 0 aromatic carbocycles. The minimum atomic E-state index is -1.59. The van der Waals surface area contributed by atoms with Gasteiger partial charge in [-0.25, -0.2) is 4.79 Å². The van der Waals surface area contributed by atoms with E-state index < -0.39 is 49.6 Å². The first-order chi connectivity index (χ1) is 12.9. The number of aliphatic hydroxyl groups is 5. The van der Waals surface area contributed by atoms with Gasteiger partial charge in [-0.05, 0) is 18.4 Å². The van der Waals surface area contributed by atoms with Crippen LogP contribution >= 0.6 is 0 Å². The zero-order chi connectivity index (χ0) is 19.7. The second kappa shape index (κ2) is 8.23. The van der Waals surface area contributed by atoms with Gasteiger partial charge in [0.2, 0.25) is 6.29 Å². The van der Waals surface area contributed by atoms with E-state index in [-0.39, 0.29) is 12.5 Å². The van der Waals surface area contributed by atoms with E-state index in [4.69, 9.17) is 18.9 Å². The fourth-order valence-corrected chi connectivity index (χ4v) is 3.69. The Balaban J connectivity index is 1.84. The lowest BCUT2D eigenvalue weighted by Gasteiger charge is -2.41. The van der Waals surface area contributed by atoms with Crippen LogP contribution in [-0.4, -0.2) is 88.8 Å². The summed E-state index contributed by atoms with van der Waals surface area (Å²) in [6.45, 7) is -0.839. The molecule has 0 spiro atoms. The molecular formula is C17H24O10. The summed E-state index contributed by atoms with van der Waals surface area (Å²) in [7, 11) is 1.25. The lowest BCUT2D eigenvalue weighted by Crippen LogP contribution is -2.60. The summed E-state index contributed by atoms with van der Waals surface area (Å²) in [5.41, 5.74) is 1.48. The first kappa shape index (κ1) is 20.2. The molecule has 2 heterocycles. The number of ether oxygens (including phenoxy) is 4. The third-order valence-corrected chi connectivity index (χ3v) is 5.18. The minimum absolute atomic E-state index is 0.252. The van der Waals surface area contributed by atoms with Crippen LogP contribution in [0.2, 0.25) is 0 Å². The molecule has 0 saturated carbocycles. The Hall–Kier alpha value is -1.53. The number of hydrogen-bond acceptors (Lipinski definition) is 10. The molecule has 1 aliphatic carbocycles. The molecule has 10 nitrogen and oxygen atoms in total. The molecule has 1 saturated heterocycles. The van der Waals surface area contributed by atoms with Gasteiger partial charge in [0.15, 0.2) is 6.29 Å². The van der Waals surface area contributed by atoms with Gasteiger partial charge >= 0.3 is 5.97 Å². The predicted molar refractivity (Wildman–Crippen MR) is 86.7 cm³/mol. The molecule has 7 atom stereocenters. The summed E-state index contributed by atoms with van der Waals surface area (Å²) in [5.74, 6) is -0.925. The third-order valence-electron chi connectivity index (χ3n) is 5.18. The lowest BCUT2D eigenvalue weighted by molar-refractivity contribution is -0.327. The summed E-state index contributed by atoms with van der Waals surface area (Å²) in [5, 5.41) is 48.8. The maximum Gasteiger partial charge on any atom is 0.337 e. The second-order valence-electron chi connectivity index (χ2n) is 6.67. The van der Waals surface area contributed by atoms with Crippen molar-refractivity contribution < 1.29 is 49.3 Å². The third kappa shape index (κ3) is 3.61. The molecule has 5 N–H and O–H groups in total. The number of methoxy groups -OCH3 is 1. The molecule has 0 bridgehead atoms. The van der Waals surface area contributed by atoms with Gasteiger partial charge < -0.3 is 44.5 Å². The Kier molecular flexibility index (Phi) is 6.16. The average Bonchev–Trinajstić information content (AvgIpc) is 3.12. The van der Waals surface area contributed by atoms with Crippen molar-refractivity contribution >= 4 is 5.97 Å². The molecule has 0 aromatic heterocycles. The summed E-state index contributed by atoms with van der Waals surface area (Å²) >= 11 is 0. The van der Waals surface area contributed by atoms with Crippen molar-refractivity contribution in [2.24, 2.45) is 5.92 Å². The van der Waals surface area contributed by atoms with Crippen LogP contribution in [0.25, 0.3) is 0 Å². The van der Waals surface area contributed by atoms with Crippen molar-refractivity contribution in [3.8, 4) is 0 Å². The van der Waals surface area contributed by atoms with Crippen molar-refractivity contribution in [1.29, 1.82) is 0 Å². The van der Waals surface area contributed by atoms with E-state index in [0.29, 0.717) is 29.6 Å². The molecule has 3 rings (SSSR count). The van der Waals surface area contributed by atoms with Crippen LogP contribution in [-0.2, 0) is 23.7 Å². The van der Waals surface area contributed by atoms with Crippen molar-refractivity contribution in [3.63, 3.8) is 0 Å².